The lowest BCUT2D eigenvalue weighted by atomic mass is 10.4. The molecule has 0 spiro atoms. The molecule has 0 amide bonds. The predicted molar refractivity (Wildman–Crippen MR) is 91.3 cm³/mol. The summed E-state index contributed by atoms with van der Waals surface area (Å²) in [5.74, 6) is 0.227. The van der Waals surface area contributed by atoms with E-state index in [4.69, 9.17) is 4.52 Å². The van der Waals surface area contributed by atoms with E-state index in [0.29, 0.717) is 12.1 Å². The van der Waals surface area contributed by atoms with E-state index in [1.807, 2.05) is 0 Å². The topological polar surface area (TPSA) is 119 Å². The Morgan fingerprint density at radius 3 is 2.12 bits per heavy atom. The van der Waals surface area contributed by atoms with E-state index in [9.17, 15) is 16.8 Å². The largest absolute Gasteiger partial charge is 0.360 e. The van der Waals surface area contributed by atoms with Gasteiger partial charge in [0.1, 0.15) is 10.6 Å². The molecule has 1 fully saturated rings. The van der Waals surface area contributed by atoms with Crippen LogP contribution < -0.4 is 0 Å². The minimum Gasteiger partial charge on any atom is -0.360 e. The van der Waals surface area contributed by atoms with Gasteiger partial charge in [-0.3, -0.25) is 0 Å². The summed E-state index contributed by atoms with van der Waals surface area (Å²) in [6.45, 7) is 3.68. The zero-order valence-corrected chi connectivity index (χ0v) is 16.4. The fraction of sp³-hybridized carbons (Fsp3) is 0.571. The zero-order valence-electron chi connectivity index (χ0n) is 14.8. The third-order valence-electron chi connectivity index (χ3n) is 4.26. The maximum Gasteiger partial charge on any atom is 0.262 e. The smallest absolute Gasteiger partial charge is 0.262 e. The van der Waals surface area contributed by atoms with Crippen LogP contribution in [0.15, 0.2) is 27.0 Å². The van der Waals surface area contributed by atoms with Gasteiger partial charge in [0.05, 0.1) is 6.33 Å². The summed E-state index contributed by atoms with van der Waals surface area (Å²) < 4.78 is 60.3. The summed E-state index contributed by atoms with van der Waals surface area (Å²) in [6, 6.07) is 0. The van der Waals surface area contributed by atoms with Crippen molar-refractivity contribution in [1.29, 1.82) is 0 Å². The third-order valence-corrected chi connectivity index (χ3v) is 8.19. The van der Waals surface area contributed by atoms with Crippen LogP contribution >= 0.6 is 0 Å². The second-order valence-corrected chi connectivity index (χ2v) is 9.95. The van der Waals surface area contributed by atoms with Crippen LogP contribution in [0.25, 0.3) is 0 Å². The van der Waals surface area contributed by atoms with Crippen LogP contribution in [0.1, 0.15) is 17.9 Å². The number of hydrogen-bond acceptors (Lipinski definition) is 7. The average Bonchev–Trinajstić information content (AvgIpc) is 3.04. The molecular formula is C14H21N5O5S2. The summed E-state index contributed by atoms with van der Waals surface area (Å²) in [4.78, 5) is 3.96. The van der Waals surface area contributed by atoms with Crippen molar-refractivity contribution < 1.29 is 21.4 Å². The fourth-order valence-electron chi connectivity index (χ4n) is 2.98. The molecule has 0 radical (unpaired) electrons. The van der Waals surface area contributed by atoms with Crippen molar-refractivity contribution in [2.75, 3.05) is 26.2 Å². The highest BCUT2D eigenvalue weighted by Gasteiger charge is 2.35. The van der Waals surface area contributed by atoms with Crippen LogP contribution in [0, 0.1) is 13.8 Å². The van der Waals surface area contributed by atoms with Gasteiger partial charge in [-0.2, -0.15) is 8.61 Å². The molecule has 0 atom stereocenters. The van der Waals surface area contributed by atoms with Crippen molar-refractivity contribution >= 4 is 20.0 Å². The monoisotopic (exact) mass is 403 g/mol. The average molecular weight is 403 g/mol. The van der Waals surface area contributed by atoms with Gasteiger partial charge in [0.2, 0.25) is 10.0 Å². The first-order valence-corrected chi connectivity index (χ1v) is 10.9. The van der Waals surface area contributed by atoms with Crippen LogP contribution in [-0.4, -0.2) is 66.3 Å². The van der Waals surface area contributed by atoms with Crippen LogP contribution in [-0.2, 0) is 27.1 Å². The van der Waals surface area contributed by atoms with Crippen LogP contribution in [0.5, 0.6) is 0 Å². The van der Waals surface area contributed by atoms with E-state index in [-0.39, 0.29) is 41.9 Å². The van der Waals surface area contributed by atoms with E-state index < -0.39 is 20.0 Å². The maximum absolute atomic E-state index is 12.9. The molecule has 3 rings (SSSR count). The van der Waals surface area contributed by atoms with Crippen molar-refractivity contribution in [1.82, 2.24) is 23.3 Å². The molecule has 0 unspecified atom stereocenters. The minimum atomic E-state index is -3.80. The Morgan fingerprint density at radius 1 is 1.00 bits per heavy atom. The lowest BCUT2D eigenvalue weighted by Crippen LogP contribution is -2.37. The number of aryl methyl sites for hydroxylation is 3. The summed E-state index contributed by atoms with van der Waals surface area (Å²) in [5.41, 5.74) is 0.296. The van der Waals surface area contributed by atoms with Crippen LogP contribution in [0.2, 0.25) is 0 Å². The number of nitrogens with zero attached hydrogens (tertiary/aromatic N) is 5. The van der Waals surface area contributed by atoms with Gasteiger partial charge in [-0.05, 0) is 20.3 Å². The second-order valence-electron chi connectivity index (χ2n) is 6.19. The molecule has 2 aromatic heterocycles. The van der Waals surface area contributed by atoms with Gasteiger partial charge in [-0.25, -0.2) is 21.8 Å². The number of rotatable bonds is 4. The zero-order chi connectivity index (χ0) is 19.1. The predicted octanol–water partition coefficient (Wildman–Crippen LogP) is 0.110. The molecule has 1 aliphatic rings. The van der Waals surface area contributed by atoms with E-state index in [1.165, 1.54) is 21.1 Å². The summed E-state index contributed by atoms with van der Waals surface area (Å²) in [5, 5.41) is 3.66. The van der Waals surface area contributed by atoms with Crippen molar-refractivity contribution in [3.63, 3.8) is 0 Å². The molecule has 2 aromatic rings. The normalized spacial score (nSPS) is 18.1. The van der Waals surface area contributed by atoms with Gasteiger partial charge >= 0.3 is 0 Å². The van der Waals surface area contributed by atoms with Crippen LogP contribution in [0.3, 0.4) is 0 Å². The molecule has 10 nitrogen and oxygen atoms in total. The highest BCUT2D eigenvalue weighted by molar-refractivity contribution is 7.89. The minimum absolute atomic E-state index is 0.0398. The van der Waals surface area contributed by atoms with Gasteiger partial charge in [0, 0.05) is 39.4 Å². The van der Waals surface area contributed by atoms with E-state index in [1.54, 1.807) is 25.5 Å². The summed E-state index contributed by atoms with van der Waals surface area (Å²) in [6.07, 6.45) is 3.23. The summed E-state index contributed by atoms with van der Waals surface area (Å²) >= 11 is 0. The van der Waals surface area contributed by atoms with E-state index in [2.05, 4.69) is 10.1 Å². The first-order chi connectivity index (χ1) is 12.1. The Hall–Kier alpha value is -1.76. The molecule has 26 heavy (non-hydrogen) atoms. The van der Waals surface area contributed by atoms with Gasteiger partial charge in [-0.15, -0.1) is 0 Å². The van der Waals surface area contributed by atoms with E-state index >= 15 is 0 Å². The highest BCUT2D eigenvalue weighted by atomic mass is 32.2. The fourth-order valence-corrected chi connectivity index (χ4v) is 6.17. The molecular weight excluding hydrogens is 382 g/mol. The van der Waals surface area contributed by atoms with Crippen molar-refractivity contribution in [2.24, 2.45) is 7.05 Å². The van der Waals surface area contributed by atoms with E-state index in [0.717, 1.165) is 0 Å². The first-order valence-electron chi connectivity index (χ1n) is 8.05. The van der Waals surface area contributed by atoms with Gasteiger partial charge in [-0.1, -0.05) is 5.16 Å². The molecule has 0 aliphatic carbocycles. The number of sulfonamides is 2. The van der Waals surface area contributed by atoms with Gasteiger partial charge < -0.3 is 9.09 Å². The summed E-state index contributed by atoms with van der Waals surface area (Å²) in [7, 11) is -5.86. The first kappa shape index (κ1) is 19.0. The Morgan fingerprint density at radius 2 is 1.62 bits per heavy atom. The SMILES string of the molecule is Cc1noc(C)c1S(=O)(=O)N1CCCN(S(=O)(=O)c2cn(C)cn2)CC1. The number of imidazole rings is 1. The highest BCUT2D eigenvalue weighted by Crippen LogP contribution is 2.25. The van der Waals surface area contributed by atoms with Crippen molar-refractivity contribution in [3.05, 3.63) is 24.0 Å². The lowest BCUT2D eigenvalue weighted by Gasteiger charge is -2.20. The van der Waals surface area contributed by atoms with Crippen molar-refractivity contribution in [3.8, 4) is 0 Å². The molecule has 0 N–H and O–H groups in total. The lowest BCUT2D eigenvalue weighted by molar-refractivity contribution is 0.387. The number of aromatic nitrogens is 3. The Kier molecular flexibility index (Phi) is 4.94. The molecule has 12 heteroatoms. The number of hydrogen-bond donors (Lipinski definition) is 0. The van der Waals surface area contributed by atoms with Gasteiger partial charge in [0.25, 0.3) is 10.0 Å². The Bertz CT molecular complexity index is 989. The molecule has 3 heterocycles. The molecule has 0 bridgehead atoms. The molecule has 1 aliphatic heterocycles. The second kappa shape index (κ2) is 6.76. The molecule has 144 valence electrons. The van der Waals surface area contributed by atoms with Gasteiger partial charge in [0.15, 0.2) is 10.8 Å². The van der Waals surface area contributed by atoms with Crippen molar-refractivity contribution in [2.45, 2.75) is 30.2 Å². The third kappa shape index (κ3) is 3.29. The Balaban J connectivity index is 1.83. The van der Waals surface area contributed by atoms with Crippen LogP contribution in [0.4, 0.5) is 0 Å². The molecule has 0 aromatic carbocycles. The quantitative estimate of drug-likeness (QED) is 0.711. The maximum atomic E-state index is 12.9. The standard InChI is InChI=1S/C14H21N5O5S2/c1-11-14(12(2)24-16-11)26(22,23)19-6-4-5-18(7-8-19)25(20,21)13-9-17(3)10-15-13/h9-10H,4-8H2,1-3H3. The molecule has 1 saturated heterocycles. The molecule has 0 saturated carbocycles. The Labute approximate surface area is 152 Å².